The van der Waals surface area contributed by atoms with Crippen molar-refractivity contribution in [2.75, 3.05) is 19.6 Å². The van der Waals surface area contributed by atoms with Crippen molar-refractivity contribution in [1.29, 1.82) is 0 Å². The largest absolute Gasteiger partial charge is 0.315 e. The van der Waals surface area contributed by atoms with E-state index in [1.54, 1.807) is 11.1 Å². The molecule has 0 saturated carbocycles. The molecule has 104 valence electrons. The normalized spacial score (nSPS) is 22.4. The van der Waals surface area contributed by atoms with Crippen molar-refractivity contribution >= 4 is 0 Å². The molecular weight excluding hydrogens is 232 g/mol. The van der Waals surface area contributed by atoms with Gasteiger partial charge in [-0.25, -0.2) is 0 Å². The Kier molecular flexibility index (Phi) is 4.52. The molecule has 1 heterocycles. The Bertz CT molecular complexity index is 408. The molecule has 0 amide bonds. The van der Waals surface area contributed by atoms with E-state index in [4.69, 9.17) is 0 Å². The number of fused-ring (bicyclic) bond motifs is 1. The van der Waals surface area contributed by atoms with Crippen LogP contribution in [-0.2, 0) is 19.3 Å². The molecule has 1 aliphatic carbocycles. The average Bonchev–Trinajstić information content (AvgIpc) is 2.92. The molecular formula is C17H26N2. The van der Waals surface area contributed by atoms with E-state index < -0.39 is 0 Å². The molecule has 1 aromatic carbocycles. The van der Waals surface area contributed by atoms with Crippen molar-refractivity contribution in [3.8, 4) is 0 Å². The number of piperidine rings is 1. The summed E-state index contributed by atoms with van der Waals surface area (Å²) >= 11 is 0. The zero-order chi connectivity index (χ0) is 12.9. The number of aryl methyl sites for hydroxylation is 2. The lowest BCUT2D eigenvalue weighted by Crippen LogP contribution is -2.42. The van der Waals surface area contributed by atoms with Gasteiger partial charge in [-0.15, -0.1) is 0 Å². The molecule has 0 bridgehead atoms. The summed E-state index contributed by atoms with van der Waals surface area (Å²) in [7, 11) is 0. The van der Waals surface area contributed by atoms with E-state index in [2.05, 4.69) is 28.8 Å². The number of rotatable bonds is 5. The molecule has 2 N–H and O–H groups in total. The lowest BCUT2D eigenvalue weighted by Gasteiger charge is -2.23. The lowest BCUT2D eigenvalue weighted by atomic mass is 10.0. The van der Waals surface area contributed by atoms with Gasteiger partial charge in [-0.1, -0.05) is 24.6 Å². The van der Waals surface area contributed by atoms with E-state index in [9.17, 15) is 0 Å². The van der Waals surface area contributed by atoms with Gasteiger partial charge >= 0.3 is 0 Å². The van der Waals surface area contributed by atoms with Crippen molar-refractivity contribution in [1.82, 2.24) is 10.6 Å². The van der Waals surface area contributed by atoms with Crippen molar-refractivity contribution in [2.24, 2.45) is 0 Å². The minimum absolute atomic E-state index is 0.703. The molecule has 19 heavy (non-hydrogen) atoms. The van der Waals surface area contributed by atoms with Gasteiger partial charge in [0.25, 0.3) is 0 Å². The first-order valence-corrected chi connectivity index (χ1v) is 7.96. The fraction of sp³-hybridized carbons (Fsp3) is 0.647. The Morgan fingerprint density at radius 3 is 2.95 bits per heavy atom. The summed E-state index contributed by atoms with van der Waals surface area (Å²) in [6.07, 6.45) is 9.19. The molecule has 1 saturated heterocycles. The van der Waals surface area contributed by atoms with E-state index in [0.717, 1.165) is 13.1 Å². The number of nitrogens with one attached hydrogen (secondary N) is 2. The fourth-order valence-electron chi connectivity index (χ4n) is 3.39. The predicted octanol–water partition coefficient (Wildman–Crippen LogP) is 2.45. The molecule has 1 unspecified atom stereocenters. The van der Waals surface area contributed by atoms with Gasteiger partial charge in [-0.3, -0.25) is 0 Å². The van der Waals surface area contributed by atoms with E-state index in [0.29, 0.717) is 6.04 Å². The standard InChI is InChI=1S/C17H26N2/c1-2-10-19-17(6-1)13-18-11-9-14-7-8-15-4-3-5-16(15)12-14/h7-8,12,17-19H,1-6,9-11,13H2. The third kappa shape index (κ3) is 3.58. The van der Waals surface area contributed by atoms with E-state index >= 15 is 0 Å². The fourth-order valence-corrected chi connectivity index (χ4v) is 3.39. The molecule has 2 nitrogen and oxygen atoms in total. The van der Waals surface area contributed by atoms with Gasteiger partial charge < -0.3 is 10.6 Å². The highest BCUT2D eigenvalue weighted by molar-refractivity contribution is 5.35. The highest BCUT2D eigenvalue weighted by Crippen LogP contribution is 2.22. The predicted molar refractivity (Wildman–Crippen MR) is 80.7 cm³/mol. The van der Waals surface area contributed by atoms with E-state index in [1.807, 2.05) is 0 Å². The highest BCUT2D eigenvalue weighted by Gasteiger charge is 2.12. The van der Waals surface area contributed by atoms with Crippen LogP contribution in [0.3, 0.4) is 0 Å². The number of hydrogen-bond donors (Lipinski definition) is 2. The van der Waals surface area contributed by atoms with E-state index in [-0.39, 0.29) is 0 Å². The Balaban J connectivity index is 1.40. The molecule has 1 aromatic rings. The van der Waals surface area contributed by atoms with Gasteiger partial charge in [0.05, 0.1) is 0 Å². The van der Waals surface area contributed by atoms with Crippen LogP contribution in [0.25, 0.3) is 0 Å². The summed E-state index contributed by atoms with van der Waals surface area (Å²) in [5.41, 5.74) is 4.69. The molecule has 1 atom stereocenters. The van der Waals surface area contributed by atoms with Crippen LogP contribution in [0.5, 0.6) is 0 Å². The second kappa shape index (κ2) is 6.53. The van der Waals surface area contributed by atoms with Crippen molar-refractivity contribution in [3.05, 3.63) is 34.9 Å². The average molecular weight is 258 g/mol. The third-order valence-electron chi connectivity index (χ3n) is 4.56. The first kappa shape index (κ1) is 13.1. The Hall–Kier alpha value is -0.860. The summed E-state index contributed by atoms with van der Waals surface area (Å²) in [5.74, 6) is 0. The van der Waals surface area contributed by atoms with Crippen molar-refractivity contribution in [2.45, 2.75) is 51.0 Å². The minimum Gasteiger partial charge on any atom is -0.315 e. The van der Waals surface area contributed by atoms with Crippen LogP contribution in [0.2, 0.25) is 0 Å². The summed E-state index contributed by atoms with van der Waals surface area (Å²) < 4.78 is 0. The number of hydrogen-bond acceptors (Lipinski definition) is 2. The number of benzene rings is 1. The maximum atomic E-state index is 3.61. The van der Waals surface area contributed by atoms with Crippen LogP contribution in [0, 0.1) is 0 Å². The van der Waals surface area contributed by atoms with Gasteiger partial charge in [0.2, 0.25) is 0 Å². The summed E-state index contributed by atoms with van der Waals surface area (Å²) in [4.78, 5) is 0. The lowest BCUT2D eigenvalue weighted by molar-refractivity contribution is 0.384. The summed E-state index contributed by atoms with van der Waals surface area (Å²) in [6.45, 7) is 3.44. The van der Waals surface area contributed by atoms with Gasteiger partial charge in [-0.2, -0.15) is 0 Å². The minimum atomic E-state index is 0.703. The SMILES string of the molecule is c1cc2c(cc1CCNCC1CCCCN1)CCC2. The molecule has 1 fully saturated rings. The smallest absolute Gasteiger partial charge is 0.0192 e. The molecule has 0 aromatic heterocycles. The van der Waals surface area contributed by atoms with Crippen LogP contribution in [-0.4, -0.2) is 25.7 Å². The Morgan fingerprint density at radius 2 is 2.05 bits per heavy atom. The molecule has 3 rings (SSSR count). The van der Waals surface area contributed by atoms with Crippen LogP contribution < -0.4 is 10.6 Å². The quantitative estimate of drug-likeness (QED) is 0.793. The summed E-state index contributed by atoms with van der Waals surface area (Å²) in [6, 6.07) is 7.81. The van der Waals surface area contributed by atoms with E-state index in [1.165, 1.54) is 57.1 Å². The Morgan fingerprint density at radius 1 is 1.11 bits per heavy atom. The van der Waals surface area contributed by atoms with Gasteiger partial charge in [0.15, 0.2) is 0 Å². The molecule has 0 spiro atoms. The molecule has 2 heteroatoms. The third-order valence-corrected chi connectivity index (χ3v) is 4.56. The first-order valence-electron chi connectivity index (χ1n) is 7.96. The first-order chi connectivity index (χ1) is 9.42. The molecule has 1 aliphatic heterocycles. The van der Waals surface area contributed by atoms with Crippen molar-refractivity contribution in [3.63, 3.8) is 0 Å². The zero-order valence-corrected chi connectivity index (χ0v) is 11.9. The van der Waals surface area contributed by atoms with Crippen LogP contribution in [0.15, 0.2) is 18.2 Å². The highest BCUT2D eigenvalue weighted by atomic mass is 15.0. The van der Waals surface area contributed by atoms with Gasteiger partial charge in [-0.05, 0) is 68.3 Å². The van der Waals surface area contributed by atoms with Crippen LogP contribution >= 0.6 is 0 Å². The van der Waals surface area contributed by atoms with Gasteiger partial charge in [0.1, 0.15) is 0 Å². The van der Waals surface area contributed by atoms with Crippen LogP contribution in [0.4, 0.5) is 0 Å². The summed E-state index contributed by atoms with van der Waals surface area (Å²) in [5, 5.41) is 7.20. The maximum Gasteiger partial charge on any atom is 0.0192 e. The van der Waals surface area contributed by atoms with Crippen LogP contribution in [0.1, 0.15) is 42.4 Å². The molecule has 2 aliphatic rings. The topological polar surface area (TPSA) is 24.1 Å². The monoisotopic (exact) mass is 258 g/mol. The molecule has 0 radical (unpaired) electrons. The van der Waals surface area contributed by atoms with Gasteiger partial charge in [0, 0.05) is 12.6 Å². The van der Waals surface area contributed by atoms with Crippen molar-refractivity contribution < 1.29 is 0 Å². The maximum absolute atomic E-state index is 3.61. The second-order valence-corrected chi connectivity index (χ2v) is 6.06. The Labute approximate surface area is 117 Å². The second-order valence-electron chi connectivity index (χ2n) is 6.06. The zero-order valence-electron chi connectivity index (χ0n) is 11.9.